The van der Waals surface area contributed by atoms with Gasteiger partial charge in [-0.3, -0.25) is 0 Å². The number of piperidine rings is 1. The Bertz CT molecular complexity index is 1060. The van der Waals surface area contributed by atoms with Crippen molar-refractivity contribution in [2.24, 2.45) is 0 Å². The Morgan fingerprint density at radius 2 is 1.73 bits per heavy atom. The molecule has 2 aromatic carbocycles. The van der Waals surface area contributed by atoms with E-state index in [-0.39, 0.29) is 0 Å². The highest BCUT2D eigenvalue weighted by Crippen LogP contribution is 2.25. The average molecular weight is 344 g/mol. The van der Waals surface area contributed by atoms with Gasteiger partial charge in [0.15, 0.2) is 17.0 Å². The lowest BCUT2D eigenvalue weighted by atomic mass is 10.0. The fraction of sp³-hybridized carbons (Fsp3) is 0.300. The maximum absolute atomic E-state index is 4.50. The molecule has 0 bridgehead atoms. The summed E-state index contributed by atoms with van der Waals surface area (Å²) in [5.41, 5.74) is 2.82. The maximum Gasteiger partial charge on any atom is 0.184 e. The third kappa shape index (κ3) is 2.58. The Hall–Kier alpha value is -3.02. The molecule has 0 spiro atoms. The molecule has 4 aromatic rings. The van der Waals surface area contributed by atoms with E-state index in [9.17, 15) is 0 Å². The van der Waals surface area contributed by atoms with Crippen molar-refractivity contribution in [3.63, 3.8) is 0 Å². The van der Waals surface area contributed by atoms with Crippen LogP contribution in [0.15, 0.2) is 48.8 Å². The topological polar surface area (TPSA) is 59.7 Å². The number of hydrogen-bond donors (Lipinski definition) is 0. The van der Waals surface area contributed by atoms with E-state index < -0.39 is 0 Å². The Labute approximate surface area is 151 Å². The van der Waals surface area contributed by atoms with Gasteiger partial charge in [0.05, 0.1) is 6.54 Å². The standard InChI is InChI=1S/C20H20N6/c1-4-11-25(12-5-1)19-18-20(22-14-21-19)26(24-23-18)13-16-9-6-8-15-7-2-3-10-17(15)16/h2-3,6-10,14H,1,4-5,11-13H2. The Kier molecular flexibility index (Phi) is 3.74. The molecule has 1 aliphatic heterocycles. The molecular formula is C20H20N6. The number of hydrogen-bond acceptors (Lipinski definition) is 5. The third-order valence-electron chi connectivity index (χ3n) is 5.14. The highest BCUT2D eigenvalue weighted by molar-refractivity contribution is 5.86. The lowest BCUT2D eigenvalue weighted by Crippen LogP contribution is -2.30. The molecule has 2 aromatic heterocycles. The van der Waals surface area contributed by atoms with Gasteiger partial charge in [-0.25, -0.2) is 14.6 Å². The smallest absolute Gasteiger partial charge is 0.184 e. The van der Waals surface area contributed by atoms with Gasteiger partial charge in [0.1, 0.15) is 6.33 Å². The molecule has 3 heterocycles. The molecule has 0 atom stereocenters. The molecule has 0 aliphatic carbocycles. The summed E-state index contributed by atoms with van der Waals surface area (Å²) in [6.07, 6.45) is 5.33. The zero-order chi connectivity index (χ0) is 17.3. The van der Waals surface area contributed by atoms with E-state index in [1.165, 1.54) is 35.6 Å². The van der Waals surface area contributed by atoms with Crippen molar-refractivity contribution in [2.75, 3.05) is 18.0 Å². The van der Waals surface area contributed by atoms with Gasteiger partial charge in [-0.15, -0.1) is 5.10 Å². The molecular weight excluding hydrogens is 324 g/mol. The minimum Gasteiger partial charge on any atom is -0.355 e. The van der Waals surface area contributed by atoms with Crippen molar-refractivity contribution in [1.29, 1.82) is 0 Å². The van der Waals surface area contributed by atoms with E-state index in [1.807, 2.05) is 4.68 Å². The predicted octanol–water partition coefficient (Wildman–Crippen LogP) is 3.41. The fourth-order valence-electron chi connectivity index (χ4n) is 3.82. The van der Waals surface area contributed by atoms with E-state index in [2.05, 4.69) is 67.6 Å². The number of benzene rings is 2. The zero-order valence-corrected chi connectivity index (χ0v) is 14.5. The van der Waals surface area contributed by atoms with Crippen molar-refractivity contribution in [2.45, 2.75) is 25.8 Å². The normalized spacial score (nSPS) is 15.0. The van der Waals surface area contributed by atoms with E-state index in [0.717, 1.165) is 30.1 Å². The monoisotopic (exact) mass is 344 g/mol. The first-order valence-corrected chi connectivity index (χ1v) is 9.16. The van der Waals surface area contributed by atoms with Crippen LogP contribution in [0.1, 0.15) is 24.8 Å². The average Bonchev–Trinajstić information content (AvgIpc) is 3.12. The molecule has 1 aliphatic rings. The summed E-state index contributed by atoms with van der Waals surface area (Å²) in [6, 6.07) is 14.8. The lowest BCUT2D eigenvalue weighted by Gasteiger charge is -2.27. The molecule has 26 heavy (non-hydrogen) atoms. The number of anilines is 1. The second-order valence-corrected chi connectivity index (χ2v) is 6.80. The summed E-state index contributed by atoms with van der Waals surface area (Å²) < 4.78 is 1.88. The van der Waals surface area contributed by atoms with Crippen LogP contribution in [0, 0.1) is 0 Å². The van der Waals surface area contributed by atoms with Crippen LogP contribution in [0.2, 0.25) is 0 Å². The van der Waals surface area contributed by atoms with Gasteiger partial charge in [0.25, 0.3) is 0 Å². The summed E-state index contributed by atoms with van der Waals surface area (Å²) in [6.45, 7) is 2.71. The van der Waals surface area contributed by atoms with E-state index in [0.29, 0.717) is 6.54 Å². The molecule has 0 radical (unpaired) electrons. The van der Waals surface area contributed by atoms with E-state index in [1.54, 1.807) is 6.33 Å². The summed E-state index contributed by atoms with van der Waals surface area (Å²) in [5.74, 6) is 0.916. The van der Waals surface area contributed by atoms with Gasteiger partial charge < -0.3 is 4.90 Å². The number of fused-ring (bicyclic) bond motifs is 2. The van der Waals surface area contributed by atoms with Crippen LogP contribution in [-0.2, 0) is 6.54 Å². The molecule has 5 rings (SSSR count). The highest BCUT2D eigenvalue weighted by Gasteiger charge is 2.19. The molecule has 0 N–H and O–H groups in total. The van der Waals surface area contributed by atoms with Gasteiger partial charge in [-0.05, 0) is 35.6 Å². The van der Waals surface area contributed by atoms with Gasteiger partial charge in [0.2, 0.25) is 0 Å². The van der Waals surface area contributed by atoms with Crippen LogP contribution >= 0.6 is 0 Å². The number of rotatable bonds is 3. The molecule has 1 fully saturated rings. The first-order chi connectivity index (χ1) is 12.9. The molecule has 0 amide bonds. The van der Waals surface area contributed by atoms with Crippen LogP contribution < -0.4 is 4.90 Å². The summed E-state index contributed by atoms with van der Waals surface area (Å²) in [7, 11) is 0. The second kappa shape index (κ2) is 6.37. The number of nitrogens with zero attached hydrogens (tertiary/aromatic N) is 6. The predicted molar refractivity (Wildman–Crippen MR) is 102 cm³/mol. The third-order valence-corrected chi connectivity index (χ3v) is 5.14. The first kappa shape index (κ1) is 15.3. The van der Waals surface area contributed by atoms with E-state index in [4.69, 9.17) is 0 Å². The molecule has 0 unspecified atom stereocenters. The summed E-state index contributed by atoms with van der Waals surface area (Å²) in [4.78, 5) is 11.3. The zero-order valence-electron chi connectivity index (χ0n) is 14.5. The van der Waals surface area contributed by atoms with Crippen molar-refractivity contribution >= 4 is 27.8 Å². The maximum atomic E-state index is 4.50. The van der Waals surface area contributed by atoms with Gasteiger partial charge in [0, 0.05) is 13.1 Å². The minimum atomic E-state index is 0.647. The molecule has 1 saturated heterocycles. The summed E-state index contributed by atoms with van der Waals surface area (Å²) in [5, 5.41) is 11.3. The largest absolute Gasteiger partial charge is 0.355 e. The van der Waals surface area contributed by atoms with Crippen LogP contribution in [0.5, 0.6) is 0 Å². The molecule has 6 heteroatoms. The van der Waals surface area contributed by atoms with Crippen molar-refractivity contribution in [3.8, 4) is 0 Å². The van der Waals surface area contributed by atoms with Gasteiger partial charge >= 0.3 is 0 Å². The van der Waals surface area contributed by atoms with Crippen LogP contribution in [0.3, 0.4) is 0 Å². The minimum absolute atomic E-state index is 0.647. The highest BCUT2D eigenvalue weighted by atomic mass is 15.4. The van der Waals surface area contributed by atoms with Crippen molar-refractivity contribution in [1.82, 2.24) is 25.0 Å². The Morgan fingerprint density at radius 1 is 0.885 bits per heavy atom. The molecule has 130 valence electrons. The van der Waals surface area contributed by atoms with Crippen LogP contribution in [-0.4, -0.2) is 38.1 Å². The van der Waals surface area contributed by atoms with E-state index >= 15 is 0 Å². The van der Waals surface area contributed by atoms with Gasteiger partial charge in [-0.2, -0.15) is 0 Å². The summed E-state index contributed by atoms with van der Waals surface area (Å²) >= 11 is 0. The fourth-order valence-corrected chi connectivity index (χ4v) is 3.82. The lowest BCUT2D eigenvalue weighted by molar-refractivity contribution is 0.574. The first-order valence-electron chi connectivity index (χ1n) is 9.16. The van der Waals surface area contributed by atoms with Crippen molar-refractivity contribution < 1.29 is 0 Å². The SMILES string of the molecule is c1ccc2c(Cn3nnc4c(N5CCCCC5)ncnc43)cccc2c1. The van der Waals surface area contributed by atoms with Crippen molar-refractivity contribution in [3.05, 3.63) is 54.4 Å². The Morgan fingerprint density at radius 3 is 2.65 bits per heavy atom. The van der Waals surface area contributed by atoms with Crippen LogP contribution in [0.25, 0.3) is 21.9 Å². The second-order valence-electron chi connectivity index (χ2n) is 6.80. The van der Waals surface area contributed by atoms with Gasteiger partial charge in [-0.1, -0.05) is 47.7 Å². The molecule has 0 saturated carbocycles. The van der Waals surface area contributed by atoms with Crippen LogP contribution in [0.4, 0.5) is 5.82 Å². The number of aromatic nitrogens is 5. The quantitative estimate of drug-likeness (QED) is 0.570. The Balaban J connectivity index is 1.55. The molecule has 6 nitrogen and oxygen atoms in total.